The van der Waals surface area contributed by atoms with Crippen LogP contribution in [0, 0.1) is 0 Å². The van der Waals surface area contributed by atoms with Gasteiger partial charge in [0.25, 0.3) is 0 Å². The van der Waals surface area contributed by atoms with Crippen LogP contribution in [0.1, 0.15) is 6.92 Å². The summed E-state index contributed by atoms with van der Waals surface area (Å²) in [6.45, 7) is 1.18. The minimum absolute atomic E-state index is 0.0579. The molecule has 0 aromatic carbocycles. The van der Waals surface area contributed by atoms with E-state index in [9.17, 15) is 9.18 Å². The average Bonchev–Trinajstić information content (AvgIpc) is 1.65. The smallest absolute Gasteiger partial charge is 0.333 e. The molecule has 0 spiro atoms. The molecule has 7 heavy (non-hydrogen) atoms. The average molecular weight is 104 g/mol. The fourth-order valence-electron chi connectivity index (χ4n) is 0.0467. The molecule has 2 nitrogen and oxygen atoms in total. The van der Waals surface area contributed by atoms with Crippen molar-refractivity contribution in [2.75, 3.05) is 0 Å². The van der Waals surface area contributed by atoms with Crippen molar-refractivity contribution in [2.45, 2.75) is 6.92 Å². The van der Waals surface area contributed by atoms with Gasteiger partial charge in [-0.1, -0.05) is 0 Å². The minimum atomic E-state index is -1.22. The summed E-state index contributed by atoms with van der Waals surface area (Å²) in [5.74, 6) is -1.22. The van der Waals surface area contributed by atoms with Gasteiger partial charge in [0.1, 0.15) is 0 Å². The molecule has 0 aliphatic rings. The zero-order valence-corrected chi connectivity index (χ0v) is 3.81. The van der Waals surface area contributed by atoms with Crippen molar-refractivity contribution < 1.29 is 14.3 Å². The van der Waals surface area contributed by atoms with Crippen LogP contribution in [0.5, 0.6) is 0 Å². The molecule has 0 saturated heterocycles. The Morgan fingerprint density at radius 2 is 2.29 bits per heavy atom. The van der Waals surface area contributed by atoms with Gasteiger partial charge >= 0.3 is 5.97 Å². The summed E-state index contributed by atoms with van der Waals surface area (Å²) in [6.07, 6.45) is 0.0579. The number of aliphatic carboxylic acids is 1. The molecule has 0 aromatic rings. The largest absolute Gasteiger partial charge is 0.478 e. The Kier molecular flexibility index (Phi) is 2.05. The lowest BCUT2D eigenvalue weighted by atomic mass is 10.4. The topological polar surface area (TPSA) is 37.3 Å². The number of hydrogen-bond donors (Lipinski definition) is 1. The summed E-state index contributed by atoms with van der Waals surface area (Å²) in [4.78, 5) is 9.62. The highest BCUT2D eigenvalue weighted by atomic mass is 19.1. The molecule has 0 atom stereocenters. The van der Waals surface area contributed by atoms with E-state index in [1.54, 1.807) is 0 Å². The first-order valence-electron chi connectivity index (χ1n) is 1.68. The highest BCUT2D eigenvalue weighted by molar-refractivity contribution is 5.85. The normalized spacial score (nSPS) is 11.4. The van der Waals surface area contributed by atoms with Gasteiger partial charge in [-0.3, -0.25) is 0 Å². The van der Waals surface area contributed by atoms with Crippen LogP contribution >= 0.6 is 0 Å². The van der Waals surface area contributed by atoms with Crippen molar-refractivity contribution in [3.05, 3.63) is 11.9 Å². The lowest BCUT2D eigenvalue weighted by Crippen LogP contribution is -1.93. The molecular formula is C4H5FO2. The zero-order valence-electron chi connectivity index (χ0n) is 3.81. The summed E-state index contributed by atoms with van der Waals surface area (Å²) < 4.78 is 11.1. The molecule has 0 fully saturated rings. The Balaban J connectivity index is 3.82. The Hall–Kier alpha value is -0.860. The van der Waals surface area contributed by atoms with Crippen LogP contribution in [0.15, 0.2) is 11.9 Å². The number of carboxylic acid groups (broad SMARTS) is 1. The van der Waals surface area contributed by atoms with Crippen molar-refractivity contribution in [2.24, 2.45) is 0 Å². The summed E-state index contributed by atoms with van der Waals surface area (Å²) in [5, 5.41) is 7.87. The molecule has 0 aliphatic carbocycles. The van der Waals surface area contributed by atoms with E-state index in [0.717, 1.165) is 0 Å². The minimum Gasteiger partial charge on any atom is -0.478 e. The molecule has 3 heteroatoms. The third kappa shape index (κ3) is 1.92. The molecule has 0 aliphatic heterocycles. The van der Waals surface area contributed by atoms with Gasteiger partial charge in [-0.25, -0.2) is 9.18 Å². The maximum atomic E-state index is 11.1. The third-order valence-electron chi connectivity index (χ3n) is 0.501. The van der Waals surface area contributed by atoms with Gasteiger partial charge in [0.05, 0.1) is 11.9 Å². The van der Waals surface area contributed by atoms with Crippen LogP contribution < -0.4 is 0 Å². The molecule has 0 amide bonds. The number of halogens is 1. The van der Waals surface area contributed by atoms with Gasteiger partial charge < -0.3 is 5.11 Å². The lowest BCUT2D eigenvalue weighted by molar-refractivity contribution is -0.132. The second kappa shape index (κ2) is 2.34. The number of rotatable bonds is 1. The van der Waals surface area contributed by atoms with Crippen molar-refractivity contribution >= 4 is 5.97 Å². The third-order valence-corrected chi connectivity index (χ3v) is 0.501. The predicted octanol–water partition coefficient (Wildman–Crippen LogP) is 0.944. The van der Waals surface area contributed by atoms with Crippen molar-refractivity contribution in [3.8, 4) is 0 Å². The van der Waals surface area contributed by atoms with Crippen LogP contribution in [0.25, 0.3) is 0 Å². The van der Waals surface area contributed by atoms with E-state index < -0.39 is 5.97 Å². The van der Waals surface area contributed by atoms with E-state index in [2.05, 4.69) is 0 Å². The van der Waals surface area contributed by atoms with E-state index in [1.807, 2.05) is 0 Å². The first kappa shape index (κ1) is 6.14. The Labute approximate surface area is 40.3 Å². The molecule has 0 unspecified atom stereocenters. The van der Waals surface area contributed by atoms with Gasteiger partial charge in [-0.15, -0.1) is 0 Å². The molecule has 0 heterocycles. The van der Waals surface area contributed by atoms with Crippen LogP contribution in [0.2, 0.25) is 0 Å². The second-order valence-electron chi connectivity index (χ2n) is 1.10. The van der Waals surface area contributed by atoms with Crippen LogP contribution in [-0.4, -0.2) is 11.1 Å². The zero-order chi connectivity index (χ0) is 5.86. The van der Waals surface area contributed by atoms with E-state index >= 15 is 0 Å². The molecule has 40 valence electrons. The maximum Gasteiger partial charge on any atom is 0.333 e. The van der Waals surface area contributed by atoms with Crippen molar-refractivity contribution in [3.63, 3.8) is 0 Å². The van der Waals surface area contributed by atoms with Gasteiger partial charge in [-0.2, -0.15) is 0 Å². The fraction of sp³-hybridized carbons (Fsp3) is 0.250. The van der Waals surface area contributed by atoms with Crippen LogP contribution in [-0.2, 0) is 4.79 Å². The Morgan fingerprint density at radius 1 is 1.86 bits per heavy atom. The van der Waals surface area contributed by atoms with Crippen LogP contribution in [0.4, 0.5) is 4.39 Å². The van der Waals surface area contributed by atoms with E-state index in [-0.39, 0.29) is 11.9 Å². The summed E-state index contributed by atoms with van der Waals surface area (Å²) in [6, 6.07) is 0. The van der Waals surface area contributed by atoms with Crippen molar-refractivity contribution in [1.82, 2.24) is 0 Å². The summed E-state index contributed by atoms with van der Waals surface area (Å²) in [7, 11) is 0. The number of hydrogen-bond acceptors (Lipinski definition) is 1. The molecule has 1 N–H and O–H groups in total. The SMILES string of the molecule is C/C(=C\F)C(=O)O. The Morgan fingerprint density at radius 3 is 2.29 bits per heavy atom. The van der Waals surface area contributed by atoms with Gasteiger partial charge in [0, 0.05) is 0 Å². The van der Waals surface area contributed by atoms with Crippen LogP contribution in [0.3, 0.4) is 0 Å². The monoisotopic (exact) mass is 104 g/mol. The standard InChI is InChI=1S/C4H5FO2/c1-3(2-5)4(6)7/h2H,1H3,(H,6,7)/b3-2+. The molecule has 0 bridgehead atoms. The predicted molar refractivity (Wildman–Crippen MR) is 22.5 cm³/mol. The molecule has 0 radical (unpaired) electrons. The molecule has 0 saturated carbocycles. The van der Waals surface area contributed by atoms with E-state index in [1.165, 1.54) is 6.92 Å². The Bertz CT molecular complexity index is 106. The molecular weight excluding hydrogens is 99.0 g/mol. The number of carbonyl (C=O) groups is 1. The molecule has 0 rings (SSSR count). The first-order chi connectivity index (χ1) is 3.18. The second-order valence-corrected chi connectivity index (χ2v) is 1.10. The highest BCUT2D eigenvalue weighted by Crippen LogP contribution is 1.89. The van der Waals surface area contributed by atoms with Gasteiger partial charge in [-0.05, 0) is 6.92 Å². The number of carboxylic acids is 1. The fourth-order valence-corrected chi connectivity index (χ4v) is 0.0467. The lowest BCUT2D eigenvalue weighted by Gasteiger charge is -1.81. The highest BCUT2D eigenvalue weighted by Gasteiger charge is 1.95. The quantitative estimate of drug-likeness (QED) is 0.503. The van der Waals surface area contributed by atoms with E-state index in [4.69, 9.17) is 5.11 Å². The van der Waals surface area contributed by atoms with Gasteiger partial charge in [0.2, 0.25) is 0 Å². The summed E-state index contributed by atoms with van der Waals surface area (Å²) in [5.41, 5.74) is -0.278. The molecule has 0 aromatic heterocycles. The maximum absolute atomic E-state index is 11.1. The van der Waals surface area contributed by atoms with Gasteiger partial charge in [0.15, 0.2) is 0 Å². The summed E-state index contributed by atoms with van der Waals surface area (Å²) >= 11 is 0. The first-order valence-corrected chi connectivity index (χ1v) is 1.68. The van der Waals surface area contributed by atoms with Crippen molar-refractivity contribution in [1.29, 1.82) is 0 Å². The van der Waals surface area contributed by atoms with E-state index in [0.29, 0.717) is 0 Å².